The number of nitrogens with zero attached hydrogens (tertiary/aromatic N) is 4. The molecule has 4 saturated carbocycles. The molecule has 6 nitrogen and oxygen atoms in total. The fourth-order valence-corrected chi connectivity index (χ4v) is 7.78. The molecule has 1 aromatic heterocycles. The van der Waals surface area contributed by atoms with Crippen molar-refractivity contribution in [1.82, 2.24) is 19.6 Å². The summed E-state index contributed by atoms with van der Waals surface area (Å²) in [6.45, 7) is 3.53. The molecule has 0 unspecified atom stereocenters. The van der Waals surface area contributed by atoms with Gasteiger partial charge in [0.25, 0.3) is 5.91 Å². The summed E-state index contributed by atoms with van der Waals surface area (Å²) in [7, 11) is 0. The van der Waals surface area contributed by atoms with Crippen LogP contribution < -0.4 is 0 Å². The number of carbonyl (C=O) groups is 2. The Kier molecular flexibility index (Phi) is 4.47. The van der Waals surface area contributed by atoms with E-state index in [0.717, 1.165) is 43.6 Å². The largest absolute Gasteiger partial charge is 0.339 e. The second-order valence-electron chi connectivity index (χ2n) is 11.0. The number of rotatable bonds is 3. The highest BCUT2D eigenvalue weighted by Crippen LogP contribution is 2.61. The molecule has 2 amide bonds. The van der Waals surface area contributed by atoms with Crippen molar-refractivity contribution >= 4 is 11.8 Å². The molecule has 1 saturated heterocycles. The van der Waals surface area contributed by atoms with Gasteiger partial charge in [0.2, 0.25) is 5.91 Å². The van der Waals surface area contributed by atoms with Crippen molar-refractivity contribution in [2.24, 2.45) is 23.2 Å². The lowest BCUT2D eigenvalue weighted by Crippen LogP contribution is -2.53. The Labute approximate surface area is 179 Å². The van der Waals surface area contributed by atoms with E-state index in [-0.39, 0.29) is 5.91 Å². The highest BCUT2D eigenvalue weighted by molar-refractivity contribution is 5.92. The van der Waals surface area contributed by atoms with E-state index in [4.69, 9.17) is 0 Å². The van der Waals surface area contributed by atoms with Crippen molar-refractivity contribution in [2.75, 3.05) is 26.2 Å². The van der Waals surface area contributed by atoms with E-state index in [1.165, 1.54) is 50.6 Å². The normalized spacial score (nSPS) is 34.9. The van der Waals surface area contributed by atoms with Crippen molar-refractivity contribution in [1.29, 1.82) is 0 Å². The van der Waals surface area contributed by atoms with Crippen LogP contribution in [0.5, 0.6) is 0 Å². The minimum atomic E-state index is 0.0325. The van der Waals surface area contributed by atoms with Crippen molar-refractivity contribution < 1.29 is 9.59 Å². The molecular weight excluding hydrogens is 376 g/mol. The lowest BCUT2D eigenvalue weighted by Gasteiger charge is -2.57. The molecule has 2 aliphatic heterocycles. The van der Waals surface area contributed by atoms with Crippen LogP contribution in [0.2, 0.25) is 0 Å². The SMILES string of the molecule is O=C(CC12CC3CC(CC(C3)C1)C2)N1CCN(C(=O)c2cc3n(n2)CCCC3)CC1. The molecule has 162 valence electrons. The zero-order chi connectivity index (χ0) is 20.3. The van der Waals surface area contributed by atoms with Crippen LogP contribution in [-0.2, 0) is 17.8 Å². The van der Waals surface area contributed by atoms with Gasteiger partial charge in [-0.15, -0.1) is 0 Å². The zero-order valence-corrected chi connectivity index (χ0v) is 18.0. The van der Waals surface area contributed by atoms with Crippen LogP contribution in [0, 0.1) is 23.2 Å². The van der Waals surface area contributed by atoms with E-state index >= 15 is 0 Å². The number of amides is 2. The molecule has 6 heteroatoms. The van der Waals surface area contributed by atoms with Crippen LogP contribution >= 0.6 is 0 Å². The molecule has 6 aliphatic rings. The maximum Gasteiger partial charge on any atom is 0.274 e. The molecule has 0 N–H and O–H groups in total. The Bertz CT molecular complexity index is 793. The highest BCUT2D eigenvalue weighted by atomic mass is 16.2. The highest BCUT2D eigenvalue weighted by Gasteiger charge is 2.51. The number of carbonyl (C=O) groups excluding carboxylic acids is 2. The van der Waals surface area contributed by atoms with E-state index < -0.39 is 0 Å². The van der Waals surface area contributed by atoms with Gasteiger partial charge in [-0.05, 0) is 87.0 Å². The van der Waals surface area contributed by atoms with Crippen LogP contribution in [0.1, 0.15) is 74.0 Å². The van der Waals surface area contributed by atoms with Crippen LogP contribution in [0.15, 0.2) is 6.07 Å². The quantitative estimate of drug-likeness (QED) is 0.769. The Balaban J connectivity index is 1.06. The molecule has 5 fully saturated rings. The third-order valence-electron chi connectivity index (χ3n) is 8.75. The van der Waals surface area contributed by atoms with Gasteiger partial charge >= 0.3 is 0 Å². The molecule has 0 radical (unpaired) electrons. The summed E-state index contributed by atoms with van der Waals surface area (Å²) in [5.74, 6) is 3.03. The first-order valence-electron chi connectivity index (χ1n) is 12.2. The molecule has 4 aliphatic carbocycles. The number of aromatic nitrogens is 2. The van der Waals surface area contributed by atoms with Gasteiger partial charge in [-0.25, -0.2) is 0 Å². The van der Waals surface area contributed by atoms with Crippen LogP contribution in [0.25, 0.3) is 0 Å². The average Bonchev–Trinajstić information content (AvgIpc) is 3.16. The summed E-state index contributed by atoms with van der Waals surface area (Å²) in [4.78, 5) is 30.0. The zero-order valence-electron chi connectivity index (χ0n) is 18.0. The summed E-state index contributed by atoms with van der Waals surface area (Å²) < 4.78 is 2.00. The lowest BCUT2D eigenvalue weighted by molar-refractivity contribution is -0.141. The van der Waals surface area contributed by atoms with Gasteiger partial charge in [-0.2, -0.15) is 5.10 Å². The Morgan fingerprint density at radius 3 is 2.17 bits per heavy atom. The molecule has 0 atom stereocenters. The first kappa shape index (κ1) is 18.9. The predicted octanol–water partition coefficient (Wildman–Crippen LogP) is 3.11. The molecule has 0 spiro atoms. The summed E-state index contributed by atoms with van der Waals surface area (Å²) in [6.07, 6.45) is 12.2. The monoisotopic (exact) mass is 410 g/mol. The fourth-order valence-electron chi connectivity index (χ4n) is 7.78. The van der Waals surface area contributed by atoms with Crippen LogP contribution in [0.4, 0.5) is 0 Å². The van der Waals surface area contributed by atoms with Gasteiger partial charge in [0.15, 0.2) is 5.69 Å². The summed E-state index contributed by atoms with van der Waals surface area (Å²) in [5.41, 5.74) is 2.07. The van der Waals surface area contributed by atoms with E-state index in [1.807, 2.05) is 20.5 Å². The van der Waals surface area contributed by atoms with E-state index in [9.17, 15) is 9.59 Å². The van der Waals surface area contributed by atoms with Gasteiger partial charge in [0.05, 0.1) is 0 Å². The first-order valence-corrected chi connectivity index (χ1v) is 12.2. The Morgan fingerprint density at radius 1 is 0.900 bits per heavy atom. The van der Waals surface area contributed by atoms with Gasteiger partial charge < -0.3 is 9.80 Å². The number of hydrogen-bond acceptors (Lipinski definition) is 3. The number of aryl methyl sites for hydroxylation is 2. The number of fused-ring (bicyclic) bond motifs is 1. The summed E-state index contributed by atoms with van der Waals surface area (Å²) >= 11 is 0. The van der Waals surface area contributed by atoms with E-state index in [2.05, 4.69) is 5.10 Å². The smallest absolute Gasteiger partial charge is 0.274 e. The number of piperazine rings is 1. The topological polar surface area (TPSA) is 58.4 Å². The van der Waals surface area contributed by atoms with Crippen molar-refractivity contribution in [2.45, 2.75) is 70.8 Å². The minimum absolute atomic E-state index is 0.0325. The van der Waals surface area contributed by atoms with Crippen LogP contribution in [-0.4, -0.2) is 57.6 Å². The first-order chi connectivity index (χ1) is 14.6. The molecule has 0 aromatic carbocycles. The van der Waals surface area contributed by atoms with Crippen molar-refractivity contribution in [3.63, 3.8) is 0 Å². The molecule has 4 bridgehead atoms. The van der Waals surface area contributed by atoms with Gasteiger partial charge in [-0.3, -0.25) is 14.3 Å². The second kappa shape index (κ2) is 7.10. The third kappa shape index (κ3) is 3.27. The summed E-state index contributed by atoms with van der Waals surface area (Å²) in [5, 5.41) is 4.55. The van der Waals surface area contributed by atoms with E-state index in [0.29, 0.717) is 43.2 Å². The van der Waals surface area contributed by atoms with Gasteiger partial charge in [0, 0.05) is 44.8 Å². The maximum absolute atomic E-state index is 13.2. The standard InChI is InChI=1S/C24H34N4O2/c29-22(16-24-13-17-9-18(14-24)11-19(10-17)15-24)26-5-7-27(8-6-26)23(30)21-12-20-3-1-2-4-28(20)25-21/h12,17-19H,1-11,13-16H2. The molecule has 7 rings (SSSR count). The van der Waals surface area contributed by atoms with Crippen molar-refractivity contribution in [3.8, 4) is 0 Å². The number of hydrogen-bond donors (Lipinski definition) is 0. The third-order valence-corrected chi connectivity index (χ3v) is 8.75. The predicted molar refractivity (Wildman–Crippen MR) is 113 cm³/mol. The summed E-state index contributed by atoms with van der Waals surface area (Å²) in [6, 6.07) is 1.98. The molecule has 30 heavy (non-hydrogen) atoms. The van der Waals surface area contributed by atoms with Crippen LogP contribution in [0.3, 0.4) is 0 Å². The fraction of sp³-hybridized carbons (Fsp3) is 0.792. The van der Waals surface area contributed by atoms with Gasteiger partial charge in [0.1, 0.15) is 0 Å². The molecule has 1 aromatic rings. The molecule has 3 heterocycles. The Hall–Kier alpha value is -1.85. The molecular formula is C24H34N4O2. The Morgan fingerprint density at radius 2 is 1.53 bits per heavy atom. The van der Waals surface area contributed by atoms with Gasteiger partial charge in [-0.1, -0.05) is 0 Å². The minimum Gasteiger partial charge on any atom is -0.339 e. The lowest BCUT2D eigenvalue weighted by atomic mass is 9.49. The second-order valence-corrected chi connectivity index (χ2v) is 11.0. The average molecular weight is 411 g/mol. The van der Waals surface area contributed by atoms with Crippen molar-refractivity contribution in [3.05, 3.63) is 17.5 Å². The maximum atomic E-state index is 13.2. The van der Waals surface area contributed by atoms with E-state index in [1.54, 1.807) is 0 Å².